The van der Waals surface area contributed by atoms with Crippen LogP contribution in [0.2, 0.25) is 0 Å². The molecule has 0 radical (unpaired) electrons. The molecule has 0 N–H and O–H groups in total. The summed E-state index contributed by atoms with van der Waals surface area (Å²) in [6, 6.07) is 0. The van der Waals surface area contributed by atoms with E-state index < -0.39 is 0 Å². The zero-order valence-electron chi connectivity index (χ0n) is 11.5. The lowest BCUT2D eigenvalue weighted by atomic mass is 9.91. The molecule has 0 bridgehead atoms. The SMILES string of the molecule is C=C/C=C(\C(=C)/C(C)=C\C)C(C)C.C=CC. The first-order valence-corrected chi connectivity index (χ1v) is 5.68. The van der Waals surface area contributed by atoms with Crippen LogP contribution in [0.15, 0.2) is 60.8 Å². The van der Waals surface area contributed by atoms with Crippen LogP contribution in [0.25, 0.3) is 0 Å². The molecule has 0 spiro atoms. The zero-order chi connectivity index (χ0) is 13.1. The van der Waals surface area contributed by atoms with Gasteiger partial charge in [0.25, 0.3) is 0 Å². The van der Waals surface area contributed by atoms with Gasteiger partial charge in [0.05, 0.1) is 0 Å². The largest absolute Gasteiger partial charge is 0.103 e. The molecule has 90 valence electrons. The minimum atomic E-state index is 0.500. The fraction of sp³-hybridized carbons (Fsp3) is 0.375. The molecule has 16 heavy (non-hydrogen) atoms. The molecule has 0 aliphatic rings. The second kappa shape index (κ2) is 10.2. The average Bonchev–Trinajstić information content (AvgIpc) is 2.24. The highest BCUT2D eigenvalue weighted by Gasteiger charge is 2.07. The van der Waals surface area contributed by atoms with Gasteiger partial charge in [0.15, 0.2) is 0 Å². The van der Waals surface area contributed by atoms with Crippen molar-refractivity contribution in [3.8, 4) is 0 Å². The van der Waals surface area contributed by atoms with Crippen LogP contribution in [0.3, 0.4) is 0 Å². The number of allylic oxidation sites excluding steroid dienone is 7. The second-order valence-electron chi connectivity index (χ2n) is 3.87. The molecule has 0 aliphatic carbocycles. The lowest BCUT2D eigenvalue weighted by Crippen LogP contribution is -1.98. The number of hydrogen-bond acceptors (Lipinski definition) is 0. The topological polar surface area (TPSA) is 0 Å². The van der Waals surface area contributed by atoms with Crippen LogP contribution in [0.1, 0.15) is 34.6 Å². The Kier molecular flexibility index (Phi) is 10.9. The van der Waals surface area contributed by atoms with E-state index in [1.54, 1.807) is 6.08 Å². The third-order valence-electron chi connectivity index (χ3n) is 2.18. The normalized spacial score (nSPS) is 11.6. The van der Waals surface area contributed by atoms with Crippen molar-refractivity contribution in [1.29, 1.82) is 0 Å². The van der Waals surface area contributed by atoms with E-state index in [4.69, 9.17) is 0 Å². The van der Waals surface area contributed by atoms with Crippen LogP contribution in [0.5, 0.6) is 0 Å². The summed E-state index contributed by atoms with van der Waals surface area (Å²) in [5.41, 5.74) is 3.63. The Morgan fingerprint density at radius 1 is 1.12 bits per heavy atom. The molecule has 0 unspecified atom stereocenters. The van der Waals surface area contributed by atoms with Crippen molar-refractivity contribution in [2.75, 3.05) is 0 Å². The molecule has 0 saturated heterocycles. The zero-order valence-corrected chi connectivity index (χ0v) is 11.5. The van der Waals surface area contributed by atoms with Crippen LogP contribution in [0, 0.1) is 5.92 Å². The lowest BCUT2D eigenvalue weighted by molar-refractivity contribution is 0.780. The fourth-order valence-corrected chi connectivity index (χ4v) is 1.17. The van der Waals surface area contributed by atoms with Crippen LogP contribution in [-0.4, -0.2) is 0 Å². The smallest absolute Gasteiger partial charge is 0.0213 e. The van der Waals surface area contributed by atoms with Gasteiger partial charge in [0, 0.05) is 0 Å². The van der Waals surface area contributed by atoms with Gasteiger partial charge in [-0.25, -0.2) is 0 Å². The molecule has 0 aromatic heterocycles. The number of hydrogen-bond donors (Lipinski definition) is 0. The first-order chi connectivity index (χ1) is 7.45. The van der Waals surface area contributed by atoms with Crippen molar-refractivity contribution in [2.24, 2.45) is 5.92 Å². The van der Waals surface area contributed by atoms with Crippen molar-refractivity contribution in [3.63, 3.8) is 0 Å². The van der Waals surface area contributed by atoms with Crippen molar-refractivity contribution >= 4 is 0 Å². The summed E-state index contributed by atoms with van der Waals surface area (Å²) < 4.78 is 0. The van der Waals surface area contributed by atoms with Crippen molar-refractivity contribution in [2.45, 2.75) is 34.6 Å². The first kappa shape index (κ1) is 17.1. The van der Waals surface area contributed by atoms with E-state index in [1.165, 1.54) is 11.1 Å². The summed E-state index contributed by atoms with van der Waals surface area (Å²) in [5.74, 6) is 0.500. The highest BCUT2D eigenvalue weighted by Crippen LogP contribution is 2.23. The quantitative estimate of drug-likeness (QED) is 0.433. The van der Waals surface area contributed by atoms with E-state index in [2.05, 4.69) is 46.6 Å². The highest BCUT2D eigenvalue weighted by atomic mass is 14.1. The van der Waals surface area contributed by atoms with Crippen LogP contribution >= 0.6 is 0 Å². The summed E-state index contributed by atoms with van der Waals surface area (Å²) in [6.07, 6.45) is 7.70. The van der Waals surface area contributed by atoms with E-state index in [0.29, 0.717) is 5.92 Å². The van der Waals surface area contributed by atoms with E-state index >= 15 is 0 Å². The molecule has 0 amide bonds. The summed E-state index contributed by atoms with van der Waals surface area (Å²) >= 11 is 0. The van der Waals surface area contributed by atoms with Crippen molar-refractivity contribution in [1.82, 2.24) is 0 Å². The fourth-order valence-electron chi connectivity index (χ4n) is 1.17. The van der Waals surface area contributed by atoms with Crippen molar-refractivity contribution in [3.05, 3.63) is 60.8 Å². The van der Waals surface area contributed by atoms with Gasteiger partial charge in [-0.05, 0) is 43.4 Å². The maximum atomic E-state index is 4.08. The first-order valence-electron chi connectivity index (χ1n) is 5.68. The third-order valence-corrected chi connectivity index (χ3v) is 2.18. The molecule has 0 aromatic rings. The maximum absolute atomic E-state index is 4.08. The molecule has 0 fully saturated rings. The van der Waals surface area contributed by atoms with E-state index in [0.717, 1.165) is 5.57 Å². The standard InChI is InChI=1S/C13H20.C3H6/c1-7-9-13(10(3)4)12(6)11(5)8-2;1-3-2/h7-10H,1,6H2,2-5H3;3H,1H2,2H3/b11-8-,13-9-;. The summed E-state index contributed by atoms with van der Waals surface area (Å²) in [5, 5.41) is 0. The van der Waals surface area contributed by atoms with Crippen LogP contribution in [-0.2, 0) is 0 Å². The Balaban J connectivity index is 0. The van der Waals surface area contributed by atoms with Gasteiger partial charge >= 0.3 is 0 Å². The monoisotopic (exact) mass is 218 g/mol. The van der Waals surface area contributed by atoms with Crippen LogP contribution in [0.4, 0.5) is 0 Å². The Hall–Kier alpha value is -1.30. The van der Waals surface area contributed by atoms with E-state index in [-0.39, 0.29) is 0 Å². The van der Waals surface area contributed by atoms with Gasteiger partial charge in [0.2, 0.25) is 0 Å². The minimum Gasteiger partial charge on any atom is -0.103 e. The maximum Gasteiger partial charge on any atom is -0.0213 e. The predicted octanol–water partition coefficient (Wildman–Crippen LogP) is 5.47. The van der Waals surface area contributed by atoms with E-state index in [1.807, 2.05) is 26.0 Å². The number of rotatable bonds is 4. The summed E-state index contributed by atoms with van der Waals surface area (Å²) in [7, 11) is 0. The average molecular weight is 218 g/mol. The Labute approximate surface area is 102 Å². The van der Waals surface area contributed by atoms with Gasteiger partial charge in [-0.2, -0.15) is 0 Å². The molecule has 0 aliphatic heterocycles. The second-order valence-corrected chi connectivity index (χ2v) is 3.87. The molecule has 0 rings (SSSR count). The Morgan fingerprint density at radius 2 is 1.56 bits per heavy atom. The van der Waals surface area contributed by atoms with Gasteiger partial charge in [-0.15, -0.1) is 6.58 Å². The Morgan fingerprint density at radius 3 is 1.81 bits per heavy atom. The molecule has 0 aromatic carbocycles. The third kappa shape index (κ3) is 7.05. The molecule has 0 atom stereocenters. The Bertz CT molecular complexity index is 285. The summed E-state index contributed by atoms with van der Waals surface area (Å²) in [4.78, 5) is 0. The van der Waals surface area contributed by atoms with Gasteiger partial charge in [-0.1, -0.05) is 51.3 Å². The highest BCUT2D eigenvalue weighted by molar-refractivity contribution is 5.45. The van der Waals surface area contributed by atoms with Crippen molar-refractivity contribution < 1.29 is 0 Å². The lowest BCUT2D eigenvalue weighted by Gasteiger charge is -2.14. The molecule has 0 heterocycles. The molecule has 0 saturated carbocycles. The molecular weight excluding hydrogens is 192 g/mol. The molecular formula is C16H26. The predicted molar refractivity (Wildman–Crippen MR) is 77.6 cm³/mol. The molecule has 0 nitrogen and oxygen atoms in total. The minimum absolute atomic E-state index is 0.500. The van der Waals surface area contributed by atoms with Gasteiger partial charge < -0.3 is 0 Å². The molecule has 0 heteroatoms. The van der Waals surface area contributed by atoms with Crippen LogP contribution < -0.4 is 0 Å². The van der Waals surface area contributed by atoms with Gasteiger partial charge in [-0.3, -0.25) is 0 Å². The van der Waals surface area contributed by atoms with E-state index in [9.17, 15) is 0 Å². The summed E-state index contributed by atoms with van der Waals surface area (Å²) in [6.45, 7) is 21.5. The van der Waals surface area contributed by atoms with Gasteiger partial charge in [0.1, 0.15) is 0 Å².